The number of rotatable bonds is 6. The lowest BCUT2D eigenvalue weighted by molar-refractivity contribution is -0.255. The van der Waals surface area contributed by atoms with Crippen LogP contribution in [0.25, 0.3) is 0 Å². The summed E-state index contributed by atoms with van der Waals surface area (Å²) >= 11 is 5.90. The Morgan fingerprint density at radius 3 is 2.59 bits per heavy atom. The fourth-order valence-electron chi connectivity index (χ4n) is 2.02. The van der Waals surface area contributed by atoms with Crippen molar-refractivity contribution in [2.45, 2.75) is 6.92 Å². The quantitative estimate of drug-likeness (QED) is 0.437. The van der Waals surface area contributed by atoms with Gasteiger partial charge < -0.3 is 20.0 Å². The summed E-state index contributed by atoms with van der Waals surface area (Å²) < 4.78 is 5.36. The number of para-hydroxylation sites is 1. The molecule has 0 aliphatic heterocycles. The Balaban J connectivity index is 2.06. The molecular formula is C18H15ClN3O5-. The van der Waals surface area contributed by atoms with E-state index in [0.29, 0.717) is 17.9 Å². The van der Waals surface area contributed by atoms with E-state index in [0.717, 1.165) is 6.21 Å². The molecule has 0 aliphatic carbocycles. The molecule has 0 radical (unpaired) electrons. The van der Waals surface area contributed by atoms with Crippen LogP contribution in [-0.4, -0.2) is 30.6 Å². The van der Waals surface area contributed by atoms with Gasteiger partial charge in [-0.2, -0.15) is 5.10 Å². The predicted octanol–water partition coefficient (Wildman–Crippen LogP) is 1.19. The molecule has 2 amide bonds. The summed E-state index contributed by atoms with van der Waals surface area (Å²) in [6.45, 7) is 2.10. The summed E-state index contributed by atoms with van der Waals surface area (Å²) in [4.78, 5) is 34.6. The Morgan fingerprint density at radius 1 is 1.19 bits per heavy atom. The van der Waals surface area contributed by atoms with Crippen molar-refractivity contribution in [1.82, 2.24) is 5.43 Å². The number of hydrogen-bond acceptors (Lipinski definition) is 6. The smallest absolute Gasteiger partial charge is 0.329 e. The summed E-state index contributed by atoms with van der Waals surface area (Å²) in [6.07, 6.45) is 1.16. The number of anilines is 1. The van der Waals surface area contributed by atoms with Gasteiger partial charge in [-0.05, 0) is 42.8 Å². The highest BCUT2D eigenvalue weighted by Gasteiger charge is 2.14. The van der Waals surface area contributed by atoms with E-state index in [1.54, 1.807) is 25.1 Å². The molecule has 0 fully saturated rings. The second kappa shape index (κ2) is 9.35. The fraction of sp³-hybridized carbons (Fsp3) is 0.111. The van der Waals surface area contributed by atoms with E-state index < -0.39 is 17.8 Å². The molecule has 0 aliphatic rings. The van der Waals surface area contributed by atoms with Crippen LogP contribution in [0.1, 0.15) is 22.8 Å². The lowest BCUT2D eigenvalue weighted by atomic mass is 10.1. The molecule has 8 nitrogen and oxygen atoms in total. The van der Waals surface area contributed by atoms with Crippen molar-refractivity contribution >= 4 is 41.3 Å². The van der Waals surface area contributed by atoms with Crippen LogP contribution in [0.3, 0.4) is 0 Å². The van der Waals surface area contributed by atoms with Crippen molar-refractivity contribution < 1.29 is 24.2 Å². The van der Waals surface area contributed by atoms with Crippen LogP contribution in [0, 0.1) is 0 Å². The minimum Gasteiger partial charge on any atom is -0.545 e. The first-order valence-corrected chi connectivity index (χ1v) is 8.17. The van der Waals surface area contributed by atoms with Gasteiger partial charge in [-0.3, -0.25) is 9.59 Å². The Kier molecular flexibility index (Phi) is 6.90. The Bertz CT molecular complexity index is 898. The van der Waals surface area contributed by atoms with Crippen molar-refractivity contribution in [3.63, 3.8) is 0 Å². The highest BCUT2D eigenvalue weighted by molar-refractivity contribution is 6.41. The van der Waals surface area contributed by atoms with E-state index in [1.165, 1.54) is 24.3 Å². The molecule has 0 unspecified atom stereocenters. The van der Waals surface area contributed by atoms with Gasteiger partial charge in [-0.25, -0.2) is 5.43 Å². The van der Waals surface area contributed by atoms with E-state index in [1.807, 2.05) is 5.43 Å². The second-order valence-electron chi connectivity index (χ2n) is 5.11. The van der Waals surface area contributed by atoms with E-state index >= 15 is 0 Å². The normalized spacial score (nSPS) is 10.4. The van der Waals surface area contributed by atoms with Crippen molar-refractivity contribution in [1.29, 1.82) is 0 Å². The Hall–Kier alpha value is -3.39. The third kappa shape index (κ3) is 5.55. The maximum Gasteiger partial charge on any atom is 0.329 e. The largest absolute Gasteiger partial charge is 0.545 e. The molecule has 0 bridgehead atoms. The maximum absolute atomic E-state index is 11.9. The van der Waals surface area contributed by atoms with E-state index in [9.17, 15) is 19.5 Å². The van der Waals surface area contributed by atoms with Gasteiger partial charge in [0.15, 0.2) is 0 Å². The molecule has 0 spiro atoms. The predicted molar refractivity (Wildman–Crippen MR) is 97.8 cm³/mol. The van der Waals surface area contributed by atoms with Crippen LogP contribution in [0.4, 0.5) is 5.69 Å². The lowest BCUT2D eigenvalue weighted by Crippen LogP contribution is -2.32. The summed E-state index contributed by atoms with van der Waals surface area (Å²) in [5.74, 6) is -2.99. The van der Waals surface area contributed by atoms with Crippen LogP contribution in [0.5, 0.6) is 5.75 Å². The highest BCUT2D eigenvalue weighted by Crippen LogP contribution is 2.20. The molecule has 27 heavy (non-hydrogen) atoms. The van der Waals surface area contributed by atoms with Crippen LogP contribution in [-0.2, 0) is 9.59 Å². The van der Waals surface area contributed by atoms with E-state index in [-0.39, 0.29) is 16.3 Å². The summed E-state index contributed by atoms with van der Waals surface area (Å²) in [6, 6.07) is 10.5. The number of aromatic carboxylic acids is 1. The molecule has 2 N–H and O–H groups in total. The third-order valence-electron chi connectivity index (χ3n) is 3.24. The van der Waals surface area contributed by atoms with Gasteiger partial charge in [0, 0.05) is 5.56 Å². The molecule has 2 rings (SSSR count). The number of amides is 2. The van der Waals surface area contributed by atoms with Crippen molar-refractivity contribution in [2.75, 3.05) is 11.9 Å². The minimum absolute atomic E-state index is 0.0808. The number of carbonyl (C=O) groups excluding carboxylic acids is 3. The number of nitrogens with one attached hydrogen (secondary N) is 2. The molecule has 140 valence electrons. The maximum atomic E-state index is 11.9. The number of carbonyl (C=O) groups is 3. The number of carboxylic acid groups (broad SMARTS) is 1. The van der Waals surface area contributed by atoms with Crippen LogP contribution >= 0.6 is 11.6 Å². The topological polar surface area (TPSA) is 120 Å². The van der Waals surface area contributed by atoms with Gasteiger partial charge >= 0.3 is 11.8 Å². The molecule has 2 aromatic carbocycles. The average Bonchev–Trinajstić information content (AvgIpc) is 2.64. The minimum atomic E-state index is -1.36. The fourth-order valence-corrected chi connectivity index (χ4v) is 2.20. The summed E-state index contributed by atoms with van der Waals surface area (Å²) in [5, 5.41) is 17.3. The zero-order chi connectivity index (χ0) is 19.8. The molecule has 2 aromatic rings. The van der Waals surface area contributed by atoms with Gasteiger partial charge in [0.05, 0.1) is 29.5 Å². The second-order valence-corrected chi connectivity index (χ2v) is 5.51. The lowest BCUT2D eigenvalue weighted by Gasteiger charge is -2.10. The zero-order valence-corrected chi connectivity index (χ0v) is 14.9. The first-order chi connectivity index (χ1) is 12.9. The summed E-state index contributed by atoms with van der Waals surface area (Å²) in [5.41, 5.74) is 2.54. The van der Waals surface area contributed by atoms with Crippen LogP contribution in [0.2, 0.25) is 5.02 Å². The van der Waals surface area contributed by atoms with Crippen molar-refractivity contribution in [3.8, 4) is 5.75 Å². The number of ether oxygens (including phenoxy) is 1. The first-order valence-electron chi connectivity index (χ1n) is 7.79. The van der Waals surface area contributed by atoms with Crippen molar-refractivity contribution in [3.05, 3.63) is 58.6 Å². The number of nitrogens with zero attached hydrogens (tertiary/aromatic N) is 1. The van der Waals surface area contributed by atoms with Gasteiger partial charge in [0.2, 0.25) is 0 Å². The van der Waals surface area contributed by atoms with Crippen molar-refractivity contribution in [2.24, 2.45) is 5.10 Å². The number of hydrogen-bond donors (Lipinski definition) is 2. The molecule has 9 heteroatoms. The van der Waals surface area contributed by atoms with Crippen LogP contribution < -0.4 is 20.6 Å². The number of halogens is 1. The van der Waals surface area contributed by atoms with E-state index in [4.69, 9.17) is 16.3 Å². The van der Waals surface area contributed by atoms with Gasteiger partial charge in [-0.1, -0.05) is 23.7 Å². The third-order valence-corrected chi connectivity index (χ3v) is 3.57. The van der Waals surface area contributed by atoms with Crippen LogP contribution in [0.15, 0.2) is 47.6 Å². The highest BCUT2D eigenvalue weighted by atomic mass is 35.5. The Labute approximate surface area is 159 Å². The van der Waals surface area contributed by atoms with Gasteiger partial charge in [-0.15, -0.1) is 0 Å². The monoisotopic (exact) mass is 388 g/mol. The average molecular weight is 389 g/mol. The summed E-state index contributed by atoms with van der Waals surface area (Å²) in [7, 11) is 0. The van der Waals surface area contributed by atoms with E-state index in [2.05, 4.69) is 10.4 Å². The van der Waals surface area contributed by atoms with Gasteiger partial charge in [0.25, 0.3) is 0 Å². The molecule has 0 atom stereocenters. The molecule has 0 saturated carbocycles. The molecule has 0 heterocycles. The number of carboxylic acids is 1. The zero-order valence-electron chi connectivity index (χ0n) is 14.2. The number of benzene rings is 2. The molecule has 0 saturated heterocycles. The Morgan fingerprint density at radius 2 is 1.93 bits per heavy atom. The molecular weight excluding hydrogens is 374 g/mol. The first kappa shape index (κ1) is 19.9. The SMILES string of the molecule is CCOc1ccc(C(=O)[O-])cc1/C=N\NC(=O)C(=O)Nc1ccccc1Cl. The standard InChI is InChI=1S/C18H16ClN3O5/c1-2-27-15-8-7-11(18(25)26)9-12(15)10-20-22-17(24)16(23)21-14-6-4-3-5-13(14)19/h3-10H,2H2,1H3,(H,21,23)(H,22,24)(H,25,26)/p-1/b20-10-. The van der Waals surface area contributed by atoms with Gasteiger partial charge in [0.1, 0.15) is 5.75 Å². The number of hydrazone groups is 1. The molecule has 0 aromatic heterocycles.